The van der Waals surface area contributed by atoms with Gasteiger partial charge in [0.1, 0.15) is 62.2 Å². The number of thiocarbonyl (C=S) groups is 2. The molecule has 29 nitrogen and oxygen atoms in total. The second-order valence-electron chi connectivity index (χ2n) is 30.4. The highest BCUT2D eigenvalue weighted by Gasteiger charge is 2.64. The Balaban J connectivity index is 0.000000193. The van der Waals surface area contributed by atoms with E-state index in [2.05, 4.69) is 183 Å². The Morgan fingerprint density at radius 3 is 1.28 bits per heavy atom. The number of amides is 2. The number of nitrogens with one attached hydrogen (secondary N) is 2. The summed E-state index contributed by atoms with van der Waals surface area (Å²) in [5.74, 6) is -0.153. The van der Waals surface area contributed by atoms with Gasteiger partial charge in [0.05, 0.1) is 25.9 Å². The number of benzene rings is 1. The first-order chi connectivity index (χ1) is 50.1. The van der Waals surface area contributed by atoms with Crippen molar-refractivity contribution in [2.45, 2.75) is 232 Å². The Labute approximate surface area is 637 Å². The van der Waals surface area contributed by atoms with Gasteiger partial charge in [0.2, 0.25) is 11.8 Å². The van der Waals surface area contributed by atoms with Gasteiger partial charge in [-0.25, -0.2) is 44.9 Å². The van der Waals surface area contributed by atoms with Gasteiger partial charge in [-0.3, -0.25) is 32.4 Å². The maximum atomic E-state index is 12.6. The minimum Gasteiger partial charge on any atom is -0.459 e. The Morgan fingerprint density at radius 1 is 0.519 bits per heavy atom. The van der Waals surface area contributed by atoms with E-state index in [0.717, 1.165) is 0 Å². The normalized spacial score (nSPS) is 22.5. The molecule has 11 heterocycles. The van der Waals surface area contributed by atoms with Gasteiger partial charge in [0.25, 0.3) is 5.17 Å². The number of aliphatic hydroxyl groups excluding tert-OH is 1. The van der Waals surface area contributed by atoms with Crippen molar-refractivity contribution in [1.82, 2.24) is 67.7 Å². The number of anilines is 3. The summed E-state index contributed by atoms with van der Waals surface area (Å²) in [6.45, 7) is 42.5. The topological polar surface area (TPSA) is 305 Å². The Hall–Kier alpha value is -6.82. The molecule has 2 unspecified atom stereocenters. The van der Waals surface area contributed by atoms with Crippen molar-refractivity contribution in [1.29, 1.82) is 0 Å². The number of aromatic nitrogens is 14. The molecule has 8 atom stereocenters. The lowest BCUT2D eigenvalue weighted by atomic mass is 10.1. The van der Waals surface area contributed by atoms with Crippen molar-refractivity contribution in [2.75, 3.05) is 42.8 Å². The van der Waals surface area contributed by atoms with Crippen LogP contribution in [0.2, 0.25) is 44.3 Å². The van der Waals surface area contributed by atoms with Gasteiger partial charge in [-0.2, -0.15) is 0 Å². The molecule has 1 aromatic carbocycles. The van der Waals surface area contributed by atoms with E-state index in [4.69, 9.17) is 64.6 Å². The summed E-state index contributed by atoms with van der Waals surface area (Å²) >= 11 is 10.9. The molecule has 3 N–H and O–H groups in total. The number of hydrogen-bond acceptors (Lipinski definition) is 24. The number of hydrogen-bond donors (Lipinski definition) is 3. The standard InChI is InChI=1S/C30H47N7O6SSi2.C26H45N5O6Si2.C8H11N.C7H6N4S/c1-17(2)28(38)35-26-23-27(33-14-32-26)37(16-34-23)29-25(41-30(44)36-12-11-31-15-36)24-22(40-29)13-39-45(18(3)4,19(5)6)43-46(42-24,20(7)8)21(9)10;1-14(2)25(33)30-23-20-24(28-12-27-23)31(13-29-20)26-21(32)22-19(35-26)11-34-38(15(3)4,16(5)6)37-39(36-22,17(7)8)18(9)10;1-9(2)8-6-4-3-5-7-8;12-7(10-3-1-8-5-10)11-4-2-9-6-11/h11-12,14-22,24-25,29H,13H2,1-10H3,(H,32,33,35,38);12-19,21-22,26,32H,11H2,1-10H3,(H,27,28,30,33);3-7H,1-2H3;1-6H/t22-,24?,25+,29-;19-,21+,22?,26-;;/m11../s1. The Bertz CT molecular complexity index is 4100. The lowest BCUT2D eigenvalue weighted by Gasteiger charge is -2.51. The summed E-state index contributed by atoms with van der Waals surface area (Å²) in [4.78, 5) is 65.4. The molecule has 7 aromatic heterocycles. The molecule has 0 saturated carbocycles. The van der Waals surface area contributed by atoms with Crippen molar-refractivity contribution in [3.8, 4) is 0 Å². The number of carbonyl (C=O) groups excluding carboxylic acids is 2. The fourth-order valence-electron chi connectivity index (χ4n) is 13.8. The number of rotatable bonds is 16. The molecule has 4 aliphatic rings. The molecule has 2 amide bonds. The smallest absolute Gasteiger partial charge is 0.335 e. The summed E-state index contributed by atoms with van der Waals surface area (Å²) in [6, 6.07) is 10.3. The first-order valence-electron chi connectivity index (χ1n) is 36.6. The second kappa shape index (κ2) is 35.3. The molecule has 35 heteroatoms. The highest BCUT2D eigenvalue weighted by atomic mass is 32.1. The third kappa shape index (κ3) is 17.6. The molecule has 0 spiro atoms. The number of para-hydroxylation sites is 1. The van der Waals surface area contributed by atoms with Crippen molar-refractivity contribution in [3.05, 3.63) is 112 Å². The third-order valence-corrected chi connectivity index (χ3v) is 41.0. The number of aliphatic hydroxyl groups is 1. The van der Waals surface area contributed by atoms with Crippen molar-refractivity contribution in [3.63, 3.8) is 0 Å². The quantitative estimate of drug-likeness (QED) is 0.0598. The summed E-state index contributed by atoms with van der Waals surface area (Å²) in [7, 11) is -7.40. The molecule has 0 radical (unpaired) electrons. The average molecular weight is 1570 g/mol. The molecule has 4 fully saturated rings. The summed E-state index contributed by atoms with van der Waals surface area (Å²) in [5, 5.41) is 18.2. The van der Waals surface area contributed by atoms with E-state index in [1.165, 1.54) is 18.3 Å². The van der Waals surface area contributed by atoms with Gasteiger partial charge < -0.3 is 60.8 Å². The summed E-state index contributed by atoms with van der Waals surface area (Å²) in [6.07, 6.45) is 15.6. The first-order valence-corrected chi connectivity index (χ1v) is 45.3. The minimum absolute atomic E-state index is 0.105. The second-order valence-corrected chi connectivity index (χ2v) is 48.8. The lowest BCUT2D eigenvalue weighted by Crippen LogP contribution is -2.66. The van der Waals surface area contributed by atoms with Crippen molar-refractivity contribution < 1.29 is 54.8 Å². The molecule has 8 aromatic rings. The number of nitrogens with zero attached hydrogens (tertiary/aromatic N) is 15. The van der Waals surface area contributed by atoms with Gasteiger partial charge in [-0.05, 0) is 80.9 Å². The molecule has 12 rings (SSSR count). The first kappa shape index (κ1) is 83.2. The molecule has 106 heavy (non-hydrogen) atoms. The molecular formula is C71H109N17O12S2Si4. The minimum atomic E-state index is -3.02. The van der Waals surface area contributed by atoms with E-state index >= 15 is 0 Å². The van der Waals surface area contributed by atoms with E-state index in [9.17, 15) is 14.7 Å². The maximum absolute atomic E-state index is 12.6. The zero-order chi connectivity index (χ0) is 77.5. The lowest BCUT2D eigenvalue weighted by molar-refractivity contribution is -0.119. The van der Waals surface area contributed by atoms with Crippen molar-refractivity contribution in [2.24, 2.45) is 11.8 Å². The van der Waals surface area contributed by atoms with E-state index < -0.39 is 83.3 Å². The molecule has 4 aliphatic heterocycles. The van der Waals surface area contributed by atoms with Crippen molar-refractivity contribution >= 4 is 120 Å². The highest BCUT2D eigenvalue weighted by Crippen LogP contribution is 2.51. The molecule has 0 bridgehead atoms. The predicted octanol–water partition coefficient (Wildman–Crippen LogP) is 12.8. The molecule has 0 aliphatic carbocycles. The summed E-state index contributed by atoms with van der Waals surface area (Å²) in [5.41, 5.74) is 4.27. The predicted molar refractivity (Wildman–Crippen MR) is 423 cm³/mol. The number of imidazole rings is 5. The van der Waals surface area contributed by atoms with Crippen LogP contribution in [0.25, 0.3) is 22.3 Å². The Morgan fingerprint density at radius 2 is 0.906 bits per heavy atom. The van der Waals surface area contributed by atoms with Crippen LogP contribution < -0.4 is 15.5 Å². The number of ether oxygens (including phenoxy) is 3. The number of carbonyl (C=O) groups is 2. The van der Waals surface area contributed by atoms with Gasteiger partial charge in [-0.15, -0.1) is 0 Å². The van der Waals surface area contributed by atoms with Crippen LogP contribution in [0.1, 0.15) is 151 Å². The van der Waals surface area contributed by atoms with Crippen LogP contribution in [0.4, 0.5) is 17.3 Å². The zero-order valence-electron chi connectivity index (χ0n) is 65.2. The monoisotopic (exact) mass is 1570 g/mol. The fourth-order valence-corrected chi connectivity index (χ4v) is 36.6. The summed E-state index contributed by atoms with van der Waals surface area (Å²) < 4.78 is 71.3. The van der Waals surface area contributed by atoms with E-state index in [1.54, 1.807) is 91.7 Å². The van der Waals surface area contributed by atoms with Gasteiger partial charge in [0.15, 0.2) is 57.6 Å². The zero-order valence-corrected chi connectivity index (χ0v) is 70.8. The SMILES string of the molecule is CC(C)C(=O)Nc1ncnc2c1ncn2[C@@H]1O[C@@H]2CO[Si](C(C)C)(C(C)C)O[Si](C(C)C)(C(C)C)OC2[C@@H]1O.CC(C)C(=O)Nc1ncnc2c1ncn2[C@@H]1O[C@@H]2CO[Si](C(C)C)(C(C)C)O[Si](C(C)C)(C(C)C)OC2[C@@H]1OC(=S)n1ccnc1.CN(C)c1ccccc1.S=C(n1ccnc1)n1ccnc1. The van der Waals surface area contributed by atoms with Crippen LogP contribution in [0.5, 0.6) is 0 Å². The van der Waals surface area contributed by atoms with Gasteiger partial charge in [0, 0.05) is 68.8 Å². The molecule has 578 valence electrons. The van der Waals surface area contributed by atoms with Crippen LogP contribution in [-0.4, -0.2) is 193 Å². The average Bonchev–Trinajstić information content (AvgIpc) is 1.46. The fraction of sp³-hybridized carbons (Fsp3) is 0.592. The van der Waals surface area contributed by atoms with Crippen LogP contribution in [0.3, 0.4) is 0 Å². The van der Waals surface area contributed by atoms with E-state index in [0.29, 0.717) is 39.1 Å². The van der Waals surface area contributed by atoms with Gasteiger partial charge in [-0.1, -0.05) is 157 Å². The largest absolute Gasteiger partial charge is 0.459 e. The van der Waals surface area contributed by atoms with Crippen LogP contribution in [-0.2, 0) is 49.7 Å². The highest BCUT2D eigenvalue weighted by molar-refractivity contribution is 7.80. The van der Waals surface area contributed by atoms with Crippen LogP contribution >= 0.6 is 24.4 Å². The molecule has 4 saturated heterocycles. The number of fused-ring (bicyclic) bond motifs is 4. The van der Waals surface area contributed by atoms with Crippen LogP contribution in [0, 0.1) is 11.8 Å². The van der Waals surface area contributed by atoms with E-state index in [-0.39, 0.29) is 86.4 Å². The Kier molecular flexibility index (Phi) is 27.7. The van der Waals surface area contributed by atoms with Gasteiger partial charge >= 0.3 is 34.2 Å². The van der Waals surface area contributed by atoms with Crippen LogP contribution in [0.15, 0.2) is 112 Å². The third-order valence-electron chi connectivity index (χ3n) is 19.7. The molecular weight excluding hydrogens is 1460 g/mol. The maximum Gasteiger partial charge on any atom is 0.335 e. The van der Waals surface area contributed by atoms with E-state index in [1.807, 2.05) is 60.0 Å².